The highest BCUT2D eigenvalue weighted by Crippen LogP contribution is 2.33. The summed E-state index contributed by atoms with van der Waals surface area (Å²) in [6, 6.07) is 13.8. The molecule has 0 amide bonds. The van der Waals surface area contributed by atoms with Crippen molar-refractivity contribution in [3.05, 3.63) is 47.7 Å². The van der Waals surface area contributed by atoms with E-state index >= 15 is 0 Å². The van der Waals surface area contributed by atoms with E-state index in [1.165, 1.54) is 11.8 Å². The van der Waals surface area contributed by atoms with Gasteiger partial charge in [0, 0.05) is 11.3 Å². The van der Waals surface area contributed by atoms with Gasteiger partial charge in [-0.25, -0.2) is 4.98 Å². The second kappa shape index (κ2) is 7.80. The molecule has 1 heterocycles. The quantitative estimate of drug-likeness (QED) is 0.614. The molecule has 23 heavy (non-hydrogen) atoms. The Hall–Kier alpha value is -2.32. The summed E-state index contributed by atoms with van der Waals surface area (Å²) in [7, 11) is 0. The van der Waals surface area contributed by atoms with Gasteiger partial charge in [0.15, 0.2) is 0 Å². The van der Waals surface area contributed by atoms with Gasteiger partial charge in [-0.05, 0) is 32.4 Å². The topological polar surface area (TPSA) is 63.0 Å². The van der Waals surface area contributed by atoms with Gasteiger partial charge in [0.2, 0.25) is 0 Å². The van der Waals surface area contributed by atoms with Gasteiger partial charge in [-0.3, -0.25) is 4.79 Å². The lowest BCUT2D eigenvalue weighted by Gasteiger charge is -2.13. The molecule has 2 aromatic rings. The van der Waals surface area contributed by atoms with E-state index in [4.69, 9.17) is 4.74 Å². The SMILES string of the molecule is CCOC(=O)C(C)Sc1nc(C)cc(-c2ccccc2)c1C#N. The molecular formula is C18H18N2O2S. The smallest absolute Gasteiger partial charge is 0.319 e. The monoisotopic (exact) mass is 326 g/mol. The van der Waals surface area contributed by atoms with E-state index in [1.54, 1.807) is 13.8 Å². The van der Waals surface area contributed by atoms with Gasteiger partial charge in [0.1, 0.15) is 16.3 Å². The number of ether oxygens (including phenoxy) is 1. The maximum Gasteiger partial charge on any atom is 0.319 e. The second-order valence-corrected chi connectivity index (χ2v) is 6.31. The maximum atomic E-state index is 11.8. The number of esters is 1. The molecule has 0 fully saturated rings. The number of nitriles is 1. The molecule has 0 saturated heterocycles. The summed E-state index contributed by atoms with van der Waals surface area (Å²) in [5.74, 6) is -0.300. The molecule has 0 bridgehead atoms. The third-order valence-corrected chi connectivity index (χ3v) is 4.28. The highest BCUT2D eigenvalue weighted by molar-refractivity contribution is 8.00. The number of carbonyl (C=O) groups excluding carboxylic acids is 1. The van der Waals surface area contributed by atoms with Crippen molar-refractivity contribution in [1.29, 1.82) is 5.26 Å². The van der Waals surface area contributed by atoms with Crippen LogP contribution in [0.3, 0.4) is 0 Å². The van der Waals surface area contributed by atoms with Crippen LogP contribution in [0, 0.1) is 18.3 Å². The minimum absolute atomic E-state index is 0.300. The van der Waals surface area contributed by atoms with E-state index in [9.17, 15) is 10.1 Å². The lowest BCUT2D eigenvalue weighted by atomic mass is 10.0. The zero-order valence-electron chi connectivity index (χ0n) is 13.4. The zero-order valence-corrected chi connectivity index (χ0v) is 14.2. The molecule has 1 atom stereocenters. The Morgan fingerprint density at radius 2 is 2.09 bits per heavy atom. The standard InChI is InChI=1S/C18H18N2O2S/c1-4-22-18(21)13(3)23-17-16(11-19)15(10-12(2)20-17)14-8-6-5-7-9-14/h5-10,13H,4H2,1-3H3. The average Bonchev–Trinajstić information content (AvgIpc) is 2.55. The Morgan fingerprint density at radius 1 is 1.39 bits per heavy atom. The summed E-state index contributed by atoms with van der Waals surface area (Å²) >= 11 is 1.26. The Morgan fingerprint density at radius 3 is 2.70 bits per heavy atom. The molecule has 0 aliphatic carbocycles. The van der Waals surface area contributed by atoms with Crippen LogP contribution in [0.2, 0.25) is 0 Å². The minimum Gasteiger partial charge on any atom is -0.465 e. The number of nitrogens with zero attached hydrogens (tertiary/aromatic N) is 2. The summed E-state index contributed by atoms with van der Waals surface area (Å²) in [6.45, 7) is 5.75. The van der Waals surface area contributed by atoms with E-state index in [0.29, 0.717) is 17.2 Å². The first-order chi connectivity index (χ1) is 11.1. The molecule has 0 aliphatic rings. The van der Waals surface area contributed by atoms with Crippen LogP contribution in [0.4, 0.5) is 0 Å². The number of thioether (sulfide) groups is 1. The second-order valence-electron chi connectivity index (χ2n) is 4.98. The fraction of sp³-hybridized carbons (Fsp3) is 0.278. The van der Waals surface area contributed by atoms with Crippen molar-refractivity contribution in [3.8, 4) is 17.2 Å². The third kappa shape index (κ3) is 4.11. The lowest BCUT2D eigenvalue weighted by molar-refractivity contribution is -0.142. The van der Waals surface area contributed by atoms with Crippen LogP contribution in [0.1, 0.15) is 25.1 Å². The van der Waals surface area contributed by atoms with E-state index in [0.717, 1.165) is 16.8 Å². The van der Waals surface area contributed by atoms with Crippen LogP contribution in [0.15, 0.2) is 41.4 Å². The molecule has 0 aliphatic heterocycles. The van der Waals surface area contributed by atoms with E-state index in [1.807, 2.05) is 43.3 Å². The van der Waals surface area contributed by atoms with Crippen LogP contribution in [-0.2, 0) is 9.53 Å². The van der Waals surface area contributed by atoms with Gasteiger partial charge < -0.3 is 4.74 Å². The summed E-state index contributed by atoms with van der Waals surface area (Å²) in [6.07, 6.45) is 0. The van der Waals surface area contributed by atoms with Crippen molar-refractivity contribution in [2.75, 3.05) is 6.61 Å². The van der Waals surface area contributed by atoms with E-state index < -0.39 is 5.25 Å². The van der Waals surface area contributed by atoms with Gasteiger partial charge in [-0.2, -0.15) is 5.26 Å². The molecule has 1 unspecified atom stereocenters. The van der Waals surface area contributed by atoms with Crippen molar-refractivity contribution in [2.45, 2.75) is 31.0 Å². The lowest BCUT2D eigenvalue weighted by Crippen LogP contribution is -2.17. The predicted octanol–water partition coefficient (Wildman–Crippen LogP) is 3.97. The number of aromatic nitrogens is 1. The molecule has 2 rings (SSSR count). The fourth-order valence-corrected chi connectivity index (χ4v) is 3.13. The van der Waals surface area contributed by atoms with Crippen LogP contribution in [-0.4, -0.2) is 22.8 Å². The van der Waals surface area contributed by atoms with Crippen molar-refractivity contribution in [1.82, 2.24) is 4.98 Å². The molecule has 0 N–H and O–H groups in total. The first-order valence-corrected chi connectivity index (χ1v) is 8.25. The molecule has 0 spiro atoms. The average molecular weight is 326 g/mol. The summed E-state index contributed by atoms with van der Waals surface area (Å²) < 4.78 is 5.02. The van der Waals surface area contributed by atoms with Gasteiger partial charge in [0.05, 0.1) is 12.2 Å². The van der Waals surface area contributed by atoms with Crippen LogP contribution in [0.5, 0.6) is 0 Å². The number of pyridine rings is 1. The molecular weight excluding hydrogens is 308 g/mol. The van der Waals surface area contributed by atoms with Crippen LogP contribution >= 0.6 is 11.8 Å². The fourth-order valence-electron chi connectivity index (χ4n) is 2.16. The Labute approximate surface area is 140 Å². The largest absolute Gasteiger partial charge is 0.465 e. The number of benzene rings is 1. The molecule has 1 aromatic carbocycles. The number of carbonyl (C=O) groups is 1. The maximum absolute atomic E-state index is 11.8. The van der Waals surface area contributed by atoms with Crippen molar-refractivity contribution < 1.29 is 9.53 Å². The summed E-state index contributed by atoms with van der Waals surface area (Å²) in [4.78, 5) is 16.3. The van der Waals surface area contributed by atoms with E-state index in [2.05, 4.69) is 11.1 Å². The van der Waals surface area contributed by atoms with Crippen molar-refractivity contribution >= 4 is 17.7 Å². The summed E-state index contributed by atoms with van der Waals surface area (Å²) in [5.41, 5.74) is 3.09. The first kappa shape index (κ1) is 17.0. The normalized spacial score (nSPS) is 11.6. The Balaban J connectivity index is 2.43. The van der Waals surface area contributed by atoms with Crippen LogP contribution < -0.4 is 0 Å². The highest BCUT2D eigenvalue weighted by atomic mass is 32.2. The Bertz CT molecular complexity index is 739. The molecule has 118 valence electrons. The predicted molar refractivity (Wildman–Crippen MR) is 91.1 cm³/mol. The Kier molecular flexibility index (Phi) is 5.78. The summed E-state index contributed by atoms with van der Waals surface area (Å²) in [5, 5.41) is 9.73. The van der Waals surface area contributed by atoms with Crippen LogP contribution in [0.25, 0.3) is 11.1 Å². The van der Waals surface area contributed by atoms with Gasteiger partial charge in [0.25, 0.3) is 0 Å². The van der Waals surface area contributed by atoms with Crippen molar-refractivity contribution in [2.24, 2.45) is 0 Å². The highest BCUT2D eigenvalue weighted by Gasteiger charge is 2.20. The van der Waals surface area contributed by atoms with Gasteiger partial charge in [-0.1, -0.05) is 42.1 Å². The van der Waals surface area contributed by atoms with Gasteiger partial charge >= 0.3 is 5.97 Å². The third-order valence-electron chi connectivity index (χ3n) is 3.22. The molecule has 0 radical (unpaired) electrons. The number of aryl methyl sites for hydroxylation is 1. The molecule has 1 aromatic heterocycles. The number of hydrogen-bond donors (Lipinski definition) is 0. The molecule has 5 heteroatoms. The minimum atomic E-state index is -0.417. The van der Waals surface area contributed by atoms with E-state index in [-0.39, 0.29) is 5.97 Å². The molecule has 0 saturated carbocycles. The van der Waals surface area contributed by atoms with Gasteiger partial charge in [-0.15, -0.1) is 0 Å². The first-order valence-electron chi connectivity index (χ1n) is 7.37. The number of hydrogen-bond acceptors (Lipinski definition) is 5. The molecule has 4 nitrogen and oxygen atoms in total. The number of rotatable bonds is 5. The zero-order chi connectivity index (χ0) is 16.8. The van der Waals surface area contributed by atoms with Crippen molar-refractivity contribution in [3.63, 3.8) is 0 Å².